The SMILES string of the molecule is CCC(NCCOCCO)C(O)c1ccc(C)c(C)c1. The minimum atomic E-state index is -0.517. The highest BCUT2D eigenvalue weighted by Crippen LogP contribution is 2.21. The molecule has 2 unspecified atom stereocenters. The molecule has 0 spiro atoms. The van der Waals surface area contributed by atoms with Crippen molar-refractivity contribution in [3.8, 4) is 0 Å². The first kappa shape index (κ1) is 17.1. The molecule has 2 atom stereocenters. The average molecular weight is 281 g/mol. The summed E-state index contributed by atoms with van der Waals surface area (Å²) in [6, 6.07) is 6.09. The first-order chi connectivity index (χ1) is 9.60. The minimum Gasteiger partial charge on any atom is -0.394 e. The van der Waals surface area contributed by atoms with Crippen molar-refractivity contribution >= 4 is 0 Å². The zero-order valence-electron chi connectivity index (χ0n) is 12.7. The molecule has 0 fully saturated rings. The summed E-state index contributed by atoms with van der Waals surface area (Å²) in [5.41, 5.74) is 3.38. The lowest BCUT2D eigenvalue weighted by molar-refractivity contribution is 0.0824. The van der Waals surface area contributed by atoms with Crippen molar-refractivity contribution in [3.63, 3.8) is 0 Å². The Labute approximate surface area is 121 Å². The Morgan fingerprint density at radius 2 is 1.95 bits per heavy atom. The molecule has 0 saturated carbocycles. The molecular formula is C16H27NO3. The van der Waals surface area contributed by atoms with Crippen molar-refractivity contribution in [2.45, 2.75) is 39.3 Å². The van der Waals surface area contributed by atoms with E-state index in [1.54, 1.807) is 0 Å². The molecule has 0 aliphatic rings. The summed E-state index contributed by atoms with van der Waals surface area (Å²) in [5.74, 6) is 0. The van der Waals surface area contributed by atoms with E-state index in [-0.39, 0.29) is 12.6 Å². The Morgan fingerprint density at radius 3 is 2.55 bits per heavy atom. The third-order valence-corrected chi connectivity index (χ3v) is 3.58. The van der Waals surface area contributed by atoms with Gasteiger partial charge < -0.3 is 20.3 Å². The van der Waals surface area contributed by atoms with E-state index in [9.17, 15) is 5.11 Å². The van der Waals surface area contributed by atoms with Gasteiger partial charge in [-0.3, -0.25) is 0 Å². The summed E-state index contributed by atoms with van der Waals surface area (Å²) in [7, 11) is 0. The maximum absolute atomic E-state index is 10.5. The van der Waals surface area contributed by atoms with Crippen LogP contribution in [-0.2, 0) is 4.74 Å². The first-order valence-electron chi connectivity index (χ1n) is 7.27. The van der Waals surface area contributed by atoms with Crippen LogP contribution in [0.2, 0.25) is 0 Å². The van der Waals surface area contributed by atoms with Crippen LogP contribution in [0.1, 0.15) is 36.1 Å². The number of benzene rings is 1. The highest BCUT2D eigenvalue weighted by atomic mass is 16.5. The van der Waals surface area contributed by atoms with E-state index in [0.717, 1.165) is 12.0 Å². The summed E-state index contributed by atoms with van der Waals surface area (Å²) in [6.45, 7) is 7.79. The van der Waals surface area contributed by atoms with E-state index in [0.29, 0.717) is 19.8 Å². The minimum absolute atomic E-state index is 0.00910. The van der Waals surface area contributed by atoms with Crippen molar-refractivity contribution in [3.05, 3.63) is 34.9 Å². The van der Waals surface area contributed by atoms with Crippen molar-refractivity contribution in [1.82, 2.24) is 5.32 Å². The van der Waals surface area contributed by atoms with Crippen LogP contribution in [0.3, 0.4) is 0 Å². The number of aliphatic hydroxyl groups excluding tert-OH is 2. The van der Waals surface area contributed by atoms with Crippen molar-refractivity contribution < 1.29 is 14.9 Å². The molecule has 0 amide bonds. The molecule has 4 heteroatoms. The molecular weight excluding hydrogens is 254 g/mol. The van der Waals surface area contributed by atoms with Crippen LogP contribution >= 0.6 is 0 Å². The monoisotopic (exact) mass is 281 g/mol. The van der Waals surface area contributed by atoms with Crippen LogP contribution in [0.15, 0.2) is 18.2 Å². The van der Waals surface area contributed by atoms with Crippen LogP contribution in [-0.4, -0.2) is 42.6 Å². The van der Waals surface area contributed by atoms with Crippen LogP contribution in [0.4, 0.5) is 0 Å². The molecule has 114 valence electrons. The molecule has 0 aromatic heterocycles. The topological polar surface area (TPSA) is 61.7 Å². The van der Waals surface area contributed by atoms with E-state index in [1.807, 2.05) is 18.2 Å². The number of hydrogen-bond donors (Lipinski definition) is 3. The van der Waals surface area contributed by atoms with E-state index < -0.39 is 6.10 Å². The number of aliphatic hydroxyl groups is 2. The van der Waals surface area contributed by atoms with Gasteiger partial charge in [-0.25, -0.2) is 0 Å². The number of rotatable bonds is 9. The van der Waals surface area contributed by atoms with Crippen molar-refractivity contribution in [2.75, 3.05) is 26.4 Å². The molecule has 0 aliphatic heterocycles. The van der Waals surface area contributed by atoms with Gasteiger partial charge in [-0.15, -0.1) is 0 Å². The number of aryl methyl sites for hydroxylation is 2. The second-order valence-electron chi connectivity index (χ2n) is 5.09. The molecule has 4 nitrogen and oxygen atoms in total. The second kappa shape index (κ2) is 9.08. The zero-order valence-corrected chi connectivity index (χ0v) is 12.7. The summed E-state index contributed by atoms with van der Waals surface area (Å²) in [6.07, 6.45) is 0.325. The van der Waals surface area contributed by atoms with E-state index in [4.69, 9.17) is 9.84 Å². The molecule has 0 bridgehead atoms. The Balaban J connectivity index is 2.52. The molecule has 0 aliphatic carbocycles. The van der Waals surface area contributed by atoms with Gasteiger partial charge >= 0.3 is 0 Å². The summed E-state index contributed by atoms with van der Waals surface area (Å²) >= 11 is 0. The highest BCUT2D eigenvalue weighted by Gasteiger charge is 2.18. The number of ether oxygens (including phenoxy) is 1. The summed E-state index contributed by atoms with van der Waals surface area (Å²) in [5, 5.41) is 22.4. The van der Waals surface area contributed by atoms with Gasteiger partial charge in [0.25, 0.3) is 0 Å². The predicted molar refractivity (Wildman–Crippen MR) is 80.9 cm³/mol. The molecule has 20 heavy (non-hydrogen) atoms. The lowest BCUT2D eigenvalue weighted by Gasteiger charge is -2.24. The van der Waals surface area contributed by atoms with Gasteiger partial charge in [0.15, 0.2) is 0 Å². The van der Waals surface area contributed by atoms with Gasteiger partial charge in [0.1, 0.15) is 0 Å². The van der Waals surface area contributed by atoms with Gasteiger partial charge in [-0.05, 0) is 37.0 Å². The van der Waals surface area contributed by atoms with Crippen molar-refractivity contribution in [1.29, 1.82) is 0 Å². The lowest BCUT2D eigenvalue weighted by Crippen LogP contribution is -2.36. The molecule has 1 aromatic carbocycles. The smallest absolute Gasteiger partial charge is 0.0942 e. The maximum Gasteiger partial charge on any atom is 0.0942 e. The van der Waals surface area contributed by atoms with Gasteiger partial charge in [-0.1, -0.05) is 25.1 Å². The molecule has 0 radical (unpaired) electrons. The Bertz CT molecular complexity index is 395. The standard InChI is InChI=1S/C16H27NO3/c1-4-15(17-7-9-20-10-8-18)16(19)14-6-5-12(2)13(3)11-14/h5-6,11,15-19H,4,7-10H2,1-3H3. The summed E-state index contributed by atoms with van der Waals surface area (Å²) < 4.78 is 5.20. The van der Waals surface area contributed by atoms with Gasteiger partial charge in [0, 0.05) is 12.6 Å². The van der Waals surface area contributed by atoms with Gasteiger partial charge in [0.05, 0.1) is 25.9 Å². The number of hydrogen-bond acceptors (Lipinski definition) is 4. The average Bonchev–Trinajstić information content (AvgIpc) is 2.45. The van der Waals surface area contributed by atoms with Gasteiger partial charge in [0.2, 0.25) is 0 Å². The van der Waals surface area contributed by atoms with Crippen LogP contribution in [0, 0.1) is 13.8 Å². The van der Waals surface area contributed by atoms with Crippen LogP contribution in [0.25, 0.3) is 0 Å². The molecule has 1 aromatic rings. The Kier molecular flexibility index (Phi) is 7.77. The molecule has 0 heterocycles. The molecule has 0 saturated heterocycles. The quantitative estimate of drug-likeness (QED) is 0.603. The highest BCUT2D eigenvalue weighted by molar-refractivity contribution is 5.31. The third-order valence-electron chi connectivity index (χ3n) is 3.58. The van der Waals surface area contributed by atoms with Crippen LogP contribution in [0.5, 0.6) is 0 Å². The maximum atomic E-state index is 10.5. The van der Waals surface area contributed by atoms with E-state index in [2.05, 4.69) is 26.1 Å². The fourth-order valence-electron chi connectivity index (χ4n) is 2.14. The lowest BCUT2D eigenvalue weighted by atomic mass is 9.97. The second-order valence-corrected chi connectivity index (χ2v) is 5.09. The predicted octanol–water partition coefficient (Wildman–Crippen LogP) is 1.71. The van der Waals surface area contributed by atoms with E-state index >= 15 is 0 Å². The van der Waals surface area contributed by atoms with E-state index in [1.165, 1.54) is 11.1 Å². The fraction of sp³-hybridized carbons (Fsp3) is 0.625. The normalized spacial score (nSPS) is 14.2. The largest absolute Gasteiger partial charge is 0.394 e. The molecule has 3 N–H and O–H groups in total. The number of nitrogens with one attached hydrogen (secondary N) is 1. The van der Waals surface area contributed by atoms with Gasteiger partial charge in [-0.2, -0.15) is 0 Å². The zero-order chi connectivity index (χ0) is 15.0. The third kappa shape index (κ3) is 5.21. The Hall–Kier alpha value is -0.940. The van der Waals surface area contributed by atoms with Crippen molar-refractivity contribution in [2.24, 2.45) is 0 Å². The fourth-order valence-corrected chi connectivity index (χ4v) is 2.14. The first-order valence-corrected chi connectivity index (χ1v) is 7.27. The Morgan fingerprint density at radius 1 is 1.20 bits per heavy atom. The molecule has 1 rings (SSSR count). The van der Waals surface area contributed by atoms with Crippen LogP contribution < -0.4 is 5.32 Å². The summed E-state index contributed by atoms with van der Waals surface area (Å²) in [4.78, 5) is 0.